The fraction of sp³-hybridized carbons (Fsp3) is 0.692. The molecule has 1 saturated carbocycles. The highest BCUT2D eigenvalue weighted by Crippen LogP contribution is 2.48. The average Bonchev–Trinajstić information content (AvgIpc) is 3.28. The number of ketones is 1. The summed E-state index contributed by atoms with van der Waals surface area (Å²) in [5.74, 6) is 6.31. The standard InChI is InChI=1S/C39H64O7Si2/c1-15-16-19-28(2)33(45-47(11,12)38(3,4)5)25-24-30-34(46-48(13,14)39(6,7)8)26-32(40)36(30)31-22-17-20-29(37(31)44-27-42-9)21-18-23-35(41)43-10/h17,20,22,24-25,28,30,33-34,36H,18-19,21,23,26-27H2,1-14H3/b25-24+/t28?,30-,33?,34-,36-/m0/s1. The molecule has 7 nitrogen and oxygen atoms in total. The second kappa shape index (κ2) is 17.6. The predicted molar refractivity (Wildman–Crippen MR) is 200 cm³/mol. The monoisotopic (exact) mass is 700 g/mol. The maximum atomic E-state index is 14.2. The van der Waals surface area contributed by atoms with Gasteiger partial charge in [-0.05, 0) is 67.5 Å². The third-order valence-corrected chi connectivity index (χ3v) is 19.6. The Morgan fingerprint density at radius 2 is 1.69 bits per heavy atom. The molecule has 2 unspecified atom stereocenters. The first-order chi connectivity index (χ1) is 22.2. The van der Waals surface area contributed by atoms with Crippen LogP contribution in [0.5, 0.6) is 5.75 Å². The Hall–Kier alpha value is -2.23. The molecule has 1 fully saturated rings. The number of para-hydroxylation sites is 1. The lowest BCUT2D eigenvalue weighted by Crippen LogP contribution is -2.45. The van der Waals surface area contributed by atoms with Crippen molar-refractivity contribution in [2.24, 2.45) is 11.8 Å². The first kappa shape index (κ1) is 41.9. The van der Waals surface area contributed by atoms with Crippen LogP contribution in [0.2, 0.25) is 36.3 Å². The fourth-order valence-corrected chi connectivity index (χ4v) is 8.22. The number of methoxy groups -OCH3 is 2. The number of hydrogen-bond donors (Lipinski definition) is 0. The Morgan fingerprint density at radius 3 is 2.25 bits per heavy atom. The number of ether oxygens (including phenoxy) is 3. The van der Waals surface area contributed by atoms with E-state index in [1.165, 1.54) is 7.11 Å². The summed E-state index contributed by atoms with van der Waals surface area (Å²) in [5.41, 5.74) is 1.76. The predicted octanol–water partition coefficient (Wildman–Crippen LogP) is 9.22. The van der Waals surface area contributed by atoms with Gasteiger partial charge in [0.2, 0.25) is 0 Å². The van der Waals surface area contributed by atoms with E-state index in [2.05, 4.69) is 98.6 Å². The molecule has 0 aromatic heterocycles. The lowest BCUT2D eigenvalue weighted by Gasteiger charge is -2.41. The maximum Gasteiger partial charge on any atom is 0.305 e. The van der Waals surface area contributed by atoms with Crippen LogP contribution in [0, 0.1) is 23.7 Å². The molecule has 1 aliphatic carbocycles. The maximum absolute atomic E-state index is 14.2. The van der Waals surface area contributed by atoms with E-state index < -0.39 is 22.6 Å². The van der Waals surface area contributed by atoms with Gasteiger partial charge in [0.25, 0.3) is 0 Å². The minimum absolute atomic E-state index is 0.0179. The summed E-state index contributed by atoms with van der Waals surface area (Å²) in [7, 11) is -1.38. The van der Waals surface area contributed by atoms with Crippen LogP contribution < -0.4 is 4.74 Å². The third kappa shape index (κ3) is 11.1. The molecule has 270 valence electrons. The topological polar surface area (TPSA) is 80.3 Å². The zero-order valence-corrected chi connectivity index (χ0v) is 34.4. The second-order valence-corrected chi connectivity index (χ2v) is 25.8. The number of esters is 1. The van der Waals surface area contributed by atoms with Crippen LogP contribution in [0.15, 0.2) is 30.4 Å². The van der Waals surface area contributed by atoms with Crippen molar-refractivity contribution in [2.75, 3.05) is 21.0 Å². The molecular formula is C39H64O7Si2. The molecule has 5 atom stereocenters. The van der Waals surface area contributed by atoms with E-state index in [0.29, 0.717) is 31.4 Å². The van der Waals surface area contributed by atoms with Crippen LogP contribution in [-0.4, -0.2) is 61.6 Å². The van der Waals surface area contributed by atoms with Crippen LogP contribution in [0.3, 0.4) is 0 Å². The molecular weight excluding hydrogens is 637 g/mol. The van der Waals surface area contributed by atoms with Crippen molar-refractivity contribution in [1.29, 1.82) is 0 Å². The first-order valence-corrected chi connectivity index (χ1v) is 23.3. The molecule has 0 spiro atoms. The Balaban J connectivity index is 2.71. The van der Waals surface area contributed by atoms with Gasteiger partial charge in [-0.1, -0.05) is 78.8 Å². The van der Waals surface area contributed by atoms with Gasteiger partial charge in [0, 0.05) is 37.9 Å². The molecule has 2 rings (SSSR count). The number of carbonyl (C=O) groups excluding carboxylic acids is 2. The normalized spacial score (nSPS) is 20.4. The molecule has 1 aromatic rings. The Morgan fingerprint density at radius 1 is 1.04 bits per heavy atom. The highest BCUT2D eigenvalue weighted by Gasteiger charge is 2.49. The van der Waals surface area contributed by atoms with Gasteiger partial charge in [0.05, 0.1) is 25.2 Å². The van der Waals surface area contributed by atoms with Gasteiger partial charge in [-0.15, -0.1) is 11.8 Å². The van der Waals surface area contributed by atoms with Crippen molar-refractivity contribution >= 4 is 28.4 Å². The van der Waals surface area contributed by atoms with Crippen molar-refractivity contribution in [2.45, 2.75) is 142 Å². The van der Waals surface area contributed by atoms with E-state index in [4.69, 9.17) is 23.1 Å². The molecule has 48 heavy (non-hydrogen) atoms. The third-order valence-electron chi connectivity index (χ3n) is 10.6. The van der Waals surface area contributed by atoms with Gasteiger partial charge in [0.15, 0.2) is 23.4 Å². The number of hydrogen-bond acceptors (Lipinski definition) is 7. The van der Waals surface area contributed by atoms with Crippen LogP contribution in [0.25, 0.3) is 0 Å². The average molecular weight is 701 g/mol. The van der Waals surface area contributed by atoms with E-state index in [9.17, 15) is 9.59 Å². The van der Waals surface area contributed by atoms with Gasteiger partial charge in [0.1, 0.15) is 11.5 Å². The molecule has 0 aliphatic heterocycles. The molecule has 1 aliphatic rings. The largest absolute Gasteiger partial charge is 0.469 e. The molecule has 9 heteroatoms. The van der Waals surface area contributed by atoms with E-state index >= 15 is 0 Å². The molecule has 0 heterocycles. The van der Waals surface area contributed by atoms with Crippen LogP contribution in [0.4, 0.5) is 0 Å². The quantitative estimate of drug-likeness (QED) is 0.0559. The molecule has 0 amide bonds. The summed E-state index contributed by atoms with van der Waals surface area (Å²) < 4.78 is 30.5. The van der Waals surface area contributed by atoms with Gasteiger partial charge in [-0.2, -0.15) is 0 Å². The zero-order chi connectivity index (χ0) is 36.5. The van der Waals surface area contributed by atoms with Crippen molar-refractivity contribution in [3.05, 3.63) is 41.5 Å². The minimum Gasteiger partial charge on any atom is -0.469 e. The Bertz CT molecular complexity index is 1310. The first-order valence-electron chi connectivity index (χ1n) is 17.5. The van der Waals surface area contributed by atoms with Crippen LogP contribution >= 0.6 is 0 Å². The van der Waals surface area contributed by atoms with Crippen molar-refractivity contribution in [3.63, 3.8) is 0 Å². The highest BCUT2D eigenvalue weighted by atomic mass is 28.4. The summed E-state index contributed by atoms with van der Waals surface area (Å²) in [4.78, 5) is 26.1. The second-order valence-electron chi connectivity index (χ2n) is 16.3. The molecule has 0 radical (unpaired) electrons. The number of aryl methyl sites for hydroxylation is 1. The summed E-state index contributed by atoms with van der Waals surface area (Å²) >= 11 is 0. The van der Waals surface area contributed by atoms with Crippen molar-refractivity contribution in [1.82, 2.24) is 0 Å². The van der Waals surface area contributed by atoms with Gasteiger partial charge in [-0.3, -0.25) is 9.59 Å². The summed E-state index contributed by atoms with van der Waals surface area (Å²) in [5, 5.41) is 0.0208. The Labute approximate surface area is 294 Å². The van der Waals surface area contributed by atoms with Gasteiger partial charge in [-0.25, -0.2) is 0 Å². The van der Waals surface area contributed by atoms with E-state index in [1.54, 1.807) is 7.11 Å². The number of Topliss-reactive ketones (excluding diaryl/α,β-unsaturated/α-hetero) is 1. The molecule has 0 N–H and O–H groups in total. The number of benzene rings is 1. The van der Waals surface area contributed by atoms with Crippen LogP contribution in [-0.2, 0) is 34.3 Å². The van der Waals surface area contributed by atoms with Crippen molar-refractivity contribution < 1.29 is 32.7 Å². The zero-order valence-electron chi connectivity index (χ0n) is 32.4. The van der Waals surface area contributed by atoms with Crippen molar-refractivity contribution in [3.8, 4) is 17.6 Å². The summed E-state index contributed by atoms with van der Waals surface area (Å²) in [6.45, 7) is 26.6. The highest BCUT2D eigenvalue weighted by molar-refractivity contribution is 6.74. The molecule has 0 saturated heterocycles. The number of rotatable bonds is 16. The van der Waals surface area contributed by atoms with Gasteiger partial charge < -0.3 is 23.1 Å². The lowest BCUT2D eigenvalue weighted by atomic mass is 9.84. The van der Waals surface area contributed by atoms with E-state index in [0.717, 1.165) is 17.5 Å². The smallest absolute Gasteiger partial charge is 0.305 e. The summed E-state index contributed by atoms with van der Waals surface area (Å²) in [6.07, 6.45) is 6.50. The van der Waals surface area contributed by atoms with Crippen LogP contribution in [0.1, 0.15) is 98.1 Å². The molecule has 1 aromatic carbocycles. The van der Waals surface area contributed by atoms with Gasteiger partial charge >= 0.3 is 5.97 Å². The molecule has 0 bridgehead atoms. The Kier molecular flexibility index (Phi) is 15.4. The lowest BCUT2D eigenvalue weighted by molar-refractivity contribution is -0.140. The minimum atomic E-state index is -2.23. The van der Waals surface area contributed by atoms with E-state index in [1.807, 2.05) is 25.1 Å². The summed E-state index contributed by atoms with van der Waals surface area (Å²) in [6, 6.07) is 5.97. The number of carbonyl (C=O) groups is 2. The van der Waals surface area contributed by atoms with E-state index in [-0.39, 0.29) is 52.7 Å². The fourth-order valence-electron chi connectivity index (χ4n) is 5.53. The SMILES string of the molecule is CC#CCC(C)C(/C=C/[C@H]1[C@@H](O[Si](C)(C)C(C)(C)C)CC(=O)[C@@H]1c1cccc(CCCC(=O)OC)c1OCOC)O[Si](C)(C)C(C)(C)C.